The van der Waals surface area contributed by atoms with Crippen LogP contribution in [-0.2, 0) is 11.3 Å². The lowest BCUT2D eigenvalue weighted by Gasteiger charge is -2.29. The molecule has 0 aromatic heterocycles. The molecule has 0 unspecified atom stereocenters. The summed E-state index contributed by atoms with van der Waals surface area (Å²) < 4.78 is 60.5. The molecule has 1 aliphatic rings. The van der Waals surface area contributed by atoms with E-state index in [1.165, 1.54) is 12.1 Å². The van der Waals surface area contributed by atoms with Crippen LogP contribution in [0.15, 0.2) is 54.6 Å². The number of halogens is 3. The molecule has 3 aromatic rings. The van der Waals surface area contributed by atoms with Crippen molar-refractivity contribution in [3.8, 4) is 22.6 Å². The summed E-state index contributed by atoms with van der Waals surface area (Å²) in [4.78, 5) is 0. The maximum atomic E-state index is 15.0. The minimum atomic E-state index is -0.816. The van der Waals surface area contributed by atoms with E-state index in [-0.39, 0.29) is 29.9 Å². The first-order valence-electron chi connectivity index (χ1n) is 12.2. The fourth-order valence-corrected chi connectivity index (χ4v) is 4.67. The maximum absolute atomic E-state index is 15.0. The summed E-state index contributed by atoms with van der Waals surface area (Å²) in [7, 11) is 0. The molecule has 35 heavy (non-hydrogen) atoms. The van der Waals surface area contributed by atoms with Gasteiger partial charge in [-0.15, -0.1) is 0 Å². The second-order valence-electron chi connectivity index (χ2n) is 8.77. The van der Waals surface area contributed by atoms with Crippen molar-refractivity contribution < 1.29 is 27.4 Å². The zero-order valence-corrected chi connectivity index (χ0v) is 20.2. The molecular formula is C29H31F3O3. The molecule has 0 atom stereocenters. The molecule has 0 radical (unpaired) electrons. The van der Waals surface area contributed by atoms with Crippen LogP contribution in [0.2, 0.25) is 0 Å². The van der Waals surface area contributed by atoms with Gasteiger partial charge >= 0.3 is 0 Å². The summed E-state index contributed by atoms with van der Waals surface area (Å²) in [6.45, 7) is 5.04. The van der Waals surface area contributed by atoms with Gasteiger partial charge in [0.1, 0.15) is 12.4 Å². The Morgan fingerprint density at radius 2 is 1.51 bits per heavy atom. The standard InChI is InChI=1S/C29H31F3O3/c1-3-33-22-11-9-21(10-12-22)25-15-14-24(28(31)29(25)32)20-7-5-19(6-8-20)18-35-23-13-16-27(34-4-2)26(30)17-23/h5-8,13-17,21-22H,3-4,9-12,18H2,1-2H3. The maximum Gasteiger partial charge on any atom is 0.168 e. The number of rotatable bonds is 9. The van der Waals surface area contributed by atoms with Gasteiger partial charge in [-0.3, -0.25) is 0 Å². The fraction of sp³-hybridized carbons (Fsp3) is 0.379. The molecule has 1 aliphatic carbocycles. The van der Waals surface area contributed by atoms with Crippen molar-refractivity contribution in [1.82, 2.24) is 0 Å². The third-order valence-corrected chi connectivity index (χ3v) is 6.50. The molecule has 6 heteroatoms. The molecule has 3 nitrogen and oxygen atoms in total. The van der Waals surface area contributed by atoms with Crippen LogP contribution in [0.3, 0.4) is 0 Å². The summed E-state index contributed by atoms with van der Waals surface area (Å²) in [5, 5.41) is 0. The zero-order valence-electron chi connectivity index (χ0n) is 20.2. The van der Waals surface area contributed by atoms with Crippen molar-refractivity contribution in [3.63, 3.8) is 0 Å². The Balaban J connectivity index is 1.41. The van der Waals surface area contributed by atoms with Gasteiger partial charge in [-0.05, 0) is 74.3 Å². The van der Waals surface area contributed by atoms with E-state index in [2.05, 4.69) is 0 Å². The summed E-state index contributed by atoms with van der Waals surface area (Å²) in [5.74, 6) is -1.47. The SMILES string of the molecule is CCOc1ccc(OCc2ccc(-c3ccc(C4CCC(OCC)CC4)c(F)c3F)cc2)cc1F. The van der Waals surface area contributed by atoms with Gasteiger partial charge in [-0.25, -0.2) is 13.2 Å². The summed E-state index contributed by atoms with van der Waals surface area (Å²) in [6.07, 6.45) is 3.56. The van der Waals surface area contributed by atoms with Crippen molar-refractivity contribution in [2.75, 3.05) is 13.2 Å². The van der Waals surface area contributed by atoms with Crippen LogP contribution >= 0.6 is 0 Å². The Labute approximate surface area is 204 Å². The van der Waals surface area contributed by atoms with Crippen LogP contribution < -0.4 is 9.47 Å². The summed E-state index contributed by atoms with van der Waals surface area (Å²) >= 11 is 0. The highest BCUT2D eigenvalue weighted by molar-refractivity contribution is 5.65. The van der Waals surface area contributed by atoms with Gasteiger partial charge in [0.05, 0.1) is 12.7 Å². The molecule has 4 rings (SSSR count). The van der Waals surface area contributed by atoms with Gasteiger partial charge in [-0.2, -0.15) is 0 Å². The average molecular weight is 485 g/mol. The number of ether oxygens (including phenoxy) is 3. The highest BCUT2D eigenvalue weighted by Crippen LogP contribution is 2.38. The van der Waals surface area contributed by atoms with Crippen molar-refractivity contribution in [2.45, 2.75) is 58.2 Å². The van der Waals surface area contributed by atoms with Crippen LogP contribution in [0.25, 0.3) is 11.1 Å². The molecule has 0 aliphatic heterocycles. The van der Waals surface area contributed by atoms with Crippen molar-refractivity contribution in [1.29, 1.82) is 0 Å². The predicted octanol–water partition coefficient (Wildman–Crippen LogP) is 7.81. The molecule has 3 aromatic carbocycles. The van der Waals surface area contributed by atoms with Gasteiger partial charge in [0.2, 0.25) is 0 Å². The second-order valence-corrected chi connectivity index (χ2v) is 8.77. The summed E-state index contributed by atoms with van der Waals surface area (Å²) in [5.41, 5.74) is 2.10. The van der Waals surface area contributed by atoms with Gasteiger partial charge in [-0.1, -0.05) is 36.4 Å². The normalized spacial score (nSPS) is 17.9. The van der Waals surface area contributed by atoms with Gasteiger partial charge in [0, 0.05) is 18.2 Å². The smallest absolute Gasteiger partial charge is 0.168 e. The molecule has 0 heterocycles. The number of hydrogen-bond acceptors (Lipinski definition) is 3. The van der Waals surface area contributed by atoms with Crippen LogP contribution in [0.4, 0.5) is 13.2 Å². The third-order valence-electron chi connectivity index (χ3n) is 6.50. The van der Waals surface area contributed by atoms with Crippen LogP contribution in [0.1, 0.15) is 56.6 Å². The van der Waals surface area contributed by atoms with Crippen molar-refractivity contribution in [2.24, 2.45) is 0 Å². The molecule has 1 fully saturated rings. The Morgan fingerprint density at radius 3 is 2.17 bits per heavy atom. The monoisotopic (exact) mass is 484 g/mol. The van der Waals surface area contributed by atoms with E-state index in [9.17, 15) is 4.39 Å². The van der Waals surface area contributed by atoms with E-state index in [1.807, 2.05) is 6.92 Å². The molecule has 186 valence electrons. The van der Waals surface area contributed by atoms with Crippen LogP contribution in [0.5, 0.6) is 11.5 Å². The van der Waals surface area contributed by atoms with Crippen molar-refractivity contribution in [3.05, 3.63) is 83.2 Å². The summed E-state index contributed by atoms with van der Waals surface area (Å²) in [6, 6.07) is 14.9. The first-order chi connectivity index (χ1) is 17.0. The Morgan fingerprint density at radius 1 is 0.771 bits per heavy atom. The average Bonchev–Trinajstić information content (AvgIpc) is 2.87. The Kier molecular flexibility index (Phi) is 8.34. The topological polar surface area (TPSA) is 27.7 Å². The first-order valence-corrected chi connectivity index (χ1v) is 12.2. The first kappa shape index (κ1) is 25.1. The van der Waals surface area contributed by atoms with E-state index >= 15 is 8.78 Å². The Bertz CT molecular complexity index is 1120. The number of benzene rings is 3. The Hall–Kier alpha value is -2.99. The lowest BCUT2D eigenvalue weighted by molar-refractivity contribution is 0.0325. The predicted molar refractivity (Wildman–Crippen MR) is 130 cm³/mol. The zero-order chi connectivity index (χ0) is 24.8. The molecule has 0 bridgehead atoms. The molecule has 0 amide bonds. The largest absolute Gasteiger partial charge is 0.491 e. The van der Waals surface area contributed by atoms with Gasteiger partial charge in [0.25, 0.3) is 0 Å². The minimum absolute atomic E-state index is 0.0159. The van der Waals surface area contributed by atoms with E-state index in [1.54, 1.807) is 49.4 Å². The molecule has 0 saturated heterocycles. The van der Waals surface area contributed by atoms with Crippen molar-refractivity contribution >= 4 is 0 Å². The quantitative estimate of drug-likeness (QED) is 0.310. The van der Waals surface area contributed by atoms with E-state index in [0.29, 0.717) is 30.1 Å². The van der Waals surface area contributed by atoms with Gasteiger partial charge < -0.3 is 14.2 Å². The highest BCUT2D eigenvalue weighted by Gasteiger charge is 2.26. The highest BCUT2D eigenvalue weighted by atomic mass is 19.2. The van der Waals surface area contributed by atoms with Crippen LogP contribution in [0, 0.1) is 17.5 Å². The molecule has 0 N–H and O–H groups in total. The third kappa shape index (κ3) is 5.99. The van der Waals surface area contributed by atoms with E-state index in [4.69, 9.17) is 14.2 Å². The van der Waals surface area contributed by atoms with Gasteiger partial charge in [0.15, 0.2) is 23.2 Å². The van der Waals surface area contributed by atoms with E-state index in [0.717, 1.165) is 31.2 Å². The van der Waals surface area contributed by atoms with E-state index < -0.39 is 17.5 Å². The molecular weight excluding hydrogens is 453 g/mol. The van der Waals surface area contributed by atoms with Crippen LogP contribution in [-0.4, -0.2) is 19.3 Å². The molecule has 0 spiro atoms. The lowest BCUT2D eigenvalue weighted by atomic mass is 9.82. The molecule has 1 saturated carbocycles. The lowest BCUT2D eigenvalue weighted by Crippen LogP contribution is -2.21. The number of hydrogen-bond donors (Lipinski definition) is 0. The second kappa shape index (κ2) is 11.6. The fourth-order valence-electron chi connectivity index (χ4n) is 4.67. The minimum Gasteiger partial charge on any atom is -0.491 e.